The zero-order chi connectivity index (χ0) is 27.0. The van der Waals surface area contributed by atoms with Gasteiger partial charge in [0.25, 0.3) is 0 Å². The molecule has 1 unspecified atom stereocenters. The monoisotopic (exact) mass is 483 g/mol. The van der Waals surface area contributed by atoms with E-state index in [1.807, 2.05) is 58.2 Å². The van der Waals surface area contributed by atoms with Gasteiger partial charge in [-0.2, -0.15) is 0 Å². The number of unbranched alkanes of at least 4 members (excludes halogenated alkanes) is 1. The molecule has 2 aromatic rings. The number of aryl methyl sites for hydroxylation is 1. The average molecular weight is 484 g/mol. The Morgan fingerprint density at radius 3 is 2.29 bits per heavy atom. The minimum atomic E-state index is -0.401. The van der Waals surface area contributed by atoms with E-state index in [0.717, 1.165) is 46.7 Å². The molecule has 0 amide bonds. The third-order valence-electron chi connectivity index (χ3n) is 4.79. The maximum atomic E-state index is 10.0. The fourth-order valence-corrected chi connectivity index (χ4v) is 2.88. The Hall–Kier alpha value is -3.19. The van der Waals surface area contributed by atoms with Crippen LogP contribution in [0.25, 0.3) is 11.3 Å². The Morgan fingerprint density at radius 1 is 1.23 bits per heavy atom. The van der Waals surface area contributed by atoms with Gasteiger partial charge in [-0.05, 0) is 83.8 Å². The molecule has 6 N–H and O–H groups in total. The van der Waals surface area contributed by atoms with Crippen LogP contribution < -0.4 is 16.2 Å². The van der Waals surface area contributed by atoms with Crippen molar-refractivity contribution in [2.45, 2.75) is 73.8 Å². The third-order valence-corrected chi connectivity index (χ3v) is 4.79. The maximum absolute atomic E-state index is 10.0. The first kappa shape index (κ1) is 31.8. The largest absolute Gasteiger partial charge is 0.510 e. The lowest BCUT2D eigenvalue weighted by molar-refractivity contribution is 0.372. The number of aliphatic hydroxyl groups excluding tert-OH is 1. The highest BCUT2D eigenvalue weighted by atomic mass is 16.5. The van der Waals surface area contributed by atoms with Crippen molar-refractivity contribution in [1.29, 1.82) is 5.41 Å². The first-order valence-electron chi connectivity index (χ1n) is 12.1. The molecule has 7 nitrogen and oxygen atoms in total. The Morgan fingerprint density at radius 2 is 1.86 bits per heavy atom. The van der Waals surface area contributed by atoms with Crippen molar-refractivity contribution >= 4 is 11.5 Å². The number of nitrogens with zero attached hydrogens (tertiary/aromatic N) is 2. The lowest BCUT2D eigenvalue weighted by Gasteiger charge is -2.15. The molecule has 0 saturated heterocycles. The highest BCUT2D eigenvalue weighted by molar-refractivity contribution is 6.00. The van der Waals surface area contributed by atoms with Crippen LogP contribution in [0.1, 0.15) is 70.6 Å². The number of pyridine rings is 1. The molecule has 1 aromatic carbocycles. The fourth-order valence-electron chi connectivity index (χ4n) is 2.88. The van der Waals surface area contributed by atoms with Crippen LogP contribution in [0, 0.1) is 19.3 Å². The molecule has 0 spiro atoms. The first-order chi connectivity index (χ1) is 16.5. The Balaban J connectivity index is 0.00000110. The SMILES string of the molecule is CC(C)=N.CC/C=C(/O)C(C)N=C(N)c1cc(-c2ccc(C)cn2)cc(OC)c1C.CCCCN. The van der Waals surface area contributed by atoms with Crippen LogP contribution in [0.2, 0.25) is 0 Å². The van der Waals surface area contributed by atoms with Crippen molar-refractivity contribution in [3.05, 3.63) is 59.0 Å². The predicted octanol–water partition coefficient (Wildman–Crippen LogP) is 6.11. The number of aliphatic imine (C=N–C) groups is 1. The summed E-state index contributed by atoms with van der Waals surface area (Å²) in [4.78, 5) is 8.93. The Labute approximate surface area is 211 Å². The van der Waals surface area contributed by atoms with E-state index in [0.29, 0.717) is 11.5 Å². The van der Waals surface area contributed by atoms with Gasteiger partial charge >= 0.3 is 0 Å². The smallest absolute Gasteiger partial charge is 0.126 e. The van der Waals surface area contributed by atoms with Gasteiger partial charge < -0.3 is 26.7 Å². The van der Waals surface area contributed by atoms with Gasteiger partial charge in [-0.15, -0.1) is 0 Å². The van der Waals surface area contributed by atoms with Gasteiger partial charge in [0.15, 0.2) is 0 Å². The standard InChI is InChI=1S/C21H27N3O2.C4H11N.C3H7N/c1-6-7-19(25)15(4)24-21(22)17-10-16(11-20(26-5)14(17)3)18-9-8-13(2)12-23-18;1-2-3-4-5;1-3(2)4/h7-12,15,25H,6H2,1-5H3,(H2,22,24);2-5H2,1H3;4H,1-2H3/b19-7+;;. The zero-order valence-electron chi connectivity index (χ0n) is 22.8. The van der Waals surface area contributed by atoms with Crippen LogP contribution in [0.15, 0.2) is 47.3 Å². The molecule has 1 aromatic heterocycles. The molecule has 0 aliphatic heterocycles. The van der Waals surface area contributed by atoms with Crippen molar-refractivity contribution in [1.82, 2.24) is 4.98 Å². The number of benzene rings is 1. The number of aromatic nitrogens is 1. The van der Waals surface area contributed by atoms with Crippen molar-refractivity contribution in [2.75, 3.05) is 13.7 Å². The van der Waals surface area contributed by atoms with Gasteiger partial charge in [-0.3, -0.25) is 9.98 Å². The molecule has 2 rings (SSSR count). The van der Waals surface area contributed by atoms with E-state index < -0.39 is 6.04 Å². The van der Waals surface area contributed by atoms with Crippen molar-refractivity contribution in [2.24, 2.45) is 16.5 Å². The molecule has 0 saturated carbocycles. The third kappa shape index (κ3) is 12.2. The van der Waals surface area contributed by atoms with Gasteiger partial charge in [0, 0.05) is 28.6 Å². The number of ether oxygens (including phenoxy) is 1. The molecule has 0 bridgehead atoms. The van der Waals surface area contributed by atoms with E-state index >= 15 is 0 Å². The summed E-state index contributed by atoms with van der Waals surface area (Å²) in [5.74, 6) is 1.30. The number of hydrogen-bond donors (Lipinski definition) is 4. The molecule has 0 aliphatic carbocycles. The molecule has 0 fully saturated rings. The van der Waals surface area contributed by atoms with Crippen LogP contribution in [-0.2, 0) is 0 Å². The number of methoxy groups -OCH3 is 1. The predicted molar refractivity (Wildman–Crippen MR) is 150 cm³/mol. The summed E-state index contributed by atoms with van der Waals surface area (Å²) >= 11 is 0. The number of aliphatic hydroxyl groups is 1. The topological polar surface area (TPSA) is 131 Å². The summed E-state index contributed by atoms with van der Waals surface area (Å²) in [6, 6.07) is 7.49. The number of hydrogen-bond acceptors (Lipinski definition) is 6. The number of allylic oxidation sites excluding steroid dienone is 1. The molecule has 194 valence electrons. The van der Waals surface area contributed by atoms with E-state index in [4.69, 9.17) is 21.6 Å². The summed E-state index contributed by atoms with van der Waals surface area (Å²) in [6.45, 7) is 14.2. The molecule has 35 heavy (non-hydrogen) atoms. The molecule has 0 radical (unpaired) electrons. The van der Waals surface area contributed by atoms with Crippen molar-refractivity contribution < 1.29 is 9.84 Å². The summed E-state index contributed by atoms with van der Waals surface area (Å²) in [7, 11) is 1.63. The number of nitrogens with one attached hydrogen (secondary N) is 1. The number of amidine groups is 1. The lowest BCUT2D eigenvalue weighted by Crippen LogP contribution is -2.19. The molecular weight excluding hydrogens is 438 g/mol. The second kappa shape index (κ2) is 17.3. The fraction of sp³-hybridized carbons (Fsp3) is 0.464. The summed E-state index contributed by atoms with van der Waals surface area (Å²) < 4.78 is 5.51. The van der Waals surface area contributed by atoms with Gasteiger partial charge in [0.05, 0.1) is 12.8 Å². The number of nitrogens with two attached hydrogens (primary N) is 2. The quantitative estimate of drug-likeness (QED) is 0.204. The average Bonchev–Trinajstić information content (AvgIpc) is 2.80. The van der Waals surface area contributed by atoms with Crippen LogP contribution >= 0.6 is 0 Å². The minimum absolute atomic E-state index is 0.219. The van der Waals surface area contributed by atoms with E-state index in [1.54, 1.807) is 27.0 Å². The Bertz CT molecular complexity index is 960. The number of rotatable bonds is 8. The molecule has 1 atom stereocenters. The minimum Gasteiger partial charge on any atom is -0.510 e. The normalized spacial score (nSPS) is 12.0. The zero-order valence-corrected chi connectivity index (χ0v) is 22.8. The maximum Gasteiger partial charge on any atom is 0.126 e. The molecule has 7 heteroatoms. The summed E-state index contributed by atoms with van der Waals surface area (Å²) in [6.07, 6.45) is 6.69. The van der Waals surface area contributed by atoms with E-state index in [1.165, 1.54) is 12.8 Å². The summed E-state index contributed by atoms with van der Waals surface area (Å²) in [5, 5.41) is 16.5. The van der Waals surface area contributed by atoms with Crippen LogP contribution in [0.3, 0.4) is 0 Å². The van der Waals surface area contributed by atoms with Gasteiger partial charge in [-0.25, -0.2) is 0 Å². The van der Waals surface area contributed by atoms with Crippen molar-refractivity contribution in [3.8, 4) is 17.0 Å². The molecule has 1 heterocycles. The second-order valence-electron chi connectivity index (χ2n) is 8.44. The molecular formula is C28H45N5O2. The van der Waals surface area contributed by atoms with Gasteiger partial charge in [0.2, 0.25) is 0 Å². The van der Waals surface area contributed by atoms with Gasteiger partial charge in [0.1, 0.15) is 23.4 Å². The van der Waals surface area contributed by atoms with Crippen LogP contribution in [0.5, 0.6) is 5.75 Å². The Kier molecular flexibility index (Phi) is 15.7. The van der Waals surface area contributed by atoms with E-state index in [9.17, 15) is 5.11 Å². The summed E-state index contributed by atoms with van der Waals surface area (Å²) in [5.41, 5.74) is 16.6. The van der Waals surface area contributed by atoms with E-state index in [2.05, 4.69) is 16.9 Å². The van der Waals surface area contributed by atoms with Crippen LogP contribution in [0.4, 0.5) is 0 Å². The van der Waals surface area contributed by atoms with E-state index in [-0.39, 0.29) is 5.76 Å². The first-order valence-corrected chi connectivity index (χ1v) is 12.1. The van der Waals surface area contributed by atoms with Crippen molar-refractivity contribution in [3.63, 3.8) is 0 Å². The molecule has 0 aliphatic rings. The highest BCUT2D eigenvalue weighted by Gasteiger charge is 2.14. The van der Waals surface area contributed by atoms with Gasteiger partial charge in [-0.1, -0.05) is 26.3 Å². The van der Waals surface area contributed by atoms with Crippen LogP contribution in [-0.4, -0.2) is 41.3 Å². The highest BCUT2D eigenvalue weighted by Crippen LogP contribution is 2.29. The second-order valence-corrected chi connectivity index (χ2v) is 8.44. The lowest BCUT2D eigenvalue weighted by atomic mass is 10.00.